The summed E-state index contributed by atoms with van der Waals surface area (Å²) in [6.45, 7) is 8.17. The van der Waals surface area contributed by atoms with E-state index >= 15 is 0 Å². The van der Waals surface area contributed by atoms with E-state index in [1.807, 2.05) is 13.0 Å². The molecule has 0 spiro atoms. The summed E-state index contributed by atoms with van der Waals surface area (Å²) in [5.41, 5.74) is 6.64. The third-order valence-corrected chi connectivity index (χ3v) is 1.63. The van der Waals surface area contributed by atoms with Crippen molar-refractivity contribution in [1.29, 1.82) is 0 Å². The quantitative estimate of drug-likeness (QED) is 0.636. The Morgan fingerprint density at radius 2 is 1.83 bits per heavy atom. The maximum absolute atomic E-state index is 5.60. The molecule has 3 nitrogen and oxygen atoms in total. The van der Waals surface area contributed by atoms with E-state index in [0.29, 0.717) is 5.82 Å². The first kappa shape index (κ1) is 8.97. The Balaban J connectivity index is 3.18. The number of nitrogen functional groups attached to an aromatic ring is 1. The van der Waals surface area contributed by atoms with Gasteiger partial charge in [-0.2, -0.15) is 0 Å². The van der Waals surface area contributed by atoms with Crippen LogP contribution in [0.25, 0.3) is 0 Å². The molecule has 0 bridgehead atoms. The molecule has 1 heterocycles. The van der Waals surface area contributed by atoms with Crippen LogP contribution in [-0.4, -0.2) is 9.97 Å². The molecule has 0 atom stereocenters. The van der Waals surface area contributed by atoms with E-state index in [-0.39, 0.29) is 5.41 Å². The summed E-state index contributed by atoms with van der Waals surface area (Å²) < 4.78 is 0. The molecule has 0 saturated carbocycles. The van der Waals surface area contributed by atoms with Crippen molar-refractivity contribution in [3.05, 3.63) is 17.6 Å². The first-order chi connectivity index (χ1) is 5.39. The van der Waals surface area contributed by atoms with Gasteiger partial charge in [0.1, 0.15) is 11.6 Å². The molecule has 3 heteroatoms. The minimum atomic E-state index is 0.0435. The van der Waals surface area contributed by atoms with Gasteiger partial charge in [0.2, 0.25) is 0 Å². The van der Waals surface area contributed by atoms with Crippen LogP contribution in [0, 0.1) is 6.92 Å². The van der Waals surface area contributed by atoms with Crippen LogP contribution in [0.1, 0.15) is 32.3 Å². The third-order valence-electron chi connectivity index (χ3n) is 1.63. The van der Waals surface area contributed by atoms with Crippen LogP contribution in [0.3, 0.4) is 0 Å². The summed E-state index contributed by atoms with van der Waals surface area (Å²) in [6.07, 6.45) is 0. The van der Waals surface area contributed by atoms with Gasteiger partial charge in [-0.15, -0.1) is 0 Å². The first-order valence-electron chi connectivity index (χ1n) is 4.01. The topological polar surface area (TPSA) is 51.8 Å². The van der Waals surface area contributed by atoms with Crippen molar-refractivity contribution < 1.29 is 0 Å². The Kier molecular flexibility index (Phi) is 2.04. The fraction of sp³-hybridized carbons (Fsp3) is 0.556. The molecule has 66 valence electrons. The monoisotopic (exact) mass is 165 g/mol. The highest BCUT2D eigenvalue weighted by molar-refractivity contribution is 5.32. The normalized spacial score (nSPS) is 11.7. The number of nitrogens with two attached hydrogens (primary N) is 1. The van der Waals surface area contributed by atoms with Crippen LogP contribution in [-0.2, 0) is 5.41 Å². The van der Waals surface area contributed by atoms with Gasteiger partial charge in [0.05, 0.1) is 5.69 Å². The fourth-order valence-electron chi connectivity index (χ4n) is 0.975. The molecule has 0 aliphatic heterocycles. The predicted octanol–water partition coefficient (Wildman–Crippen LogP) is 1.66. The third kappa shape index (κ3) is 1.94. The van der Waals surface area contributed by atoms with E-state index in [1.165, 1.54) is 0 Å². The minimum Gasteiger partial charge on any atom is -0.384 e. The van der Waals surface area contributed by atoms with E-state index in [0.717, 1.165) is 11.5 Å². The zero-order chi connectivity index (χ0) is 9.35. The van der Waals surface area contributed by atoms with Crippen LogP contribution in [0.2, 0.25) is 0 Å². The Bertz CT molecular complexity index is 266. The molecule has 1 aromatic heterocycles. The van der Waals surface area contributed by atoms with Gasteiger partial charge < -0.3 is 5.73 Å². The molecule has 0 aliphatic carbocycles. The van der Waals surface area contributed by atoms with Crippen molar-refractivity contribution in [3.63, 3.8) is 0 Å². The van der Waals surface area contributed by atoms with E-state index in [2.05, 4.69) is 30.7 Å². The van der Waals surface area contributed by atoms with Crippen molar-refractivity contribution in [2.45, 2.75) is 33.1 Å². The lowest BCUT2D eigenvalue weighted by atomic mass is 9.92. The lowest BCUT2D eigenvalue weighted by Gasteiger charge is -2.17. The van der Waals surface area contributed by atoms with Crippen LogP contribution >= 0.6 is 0 Å². The summed E-state index contributed by atoms with van der Waals surface area (Å²) >= 11 is 0. The molecular weight excluding hydrogens is 150 g/mol. The largest absolute Gasteiger partial charge is 0.384 e. The summed E-state index contributed by atoms with van der Waals surface area (Å²) in [5, 5.41) is 0. The van der Waals surface area contributed by atoms with Crippen molar-refractivity contribution in [3.8, 4) is 0 Å². The molecule has 1 rings (SSSR count). The molecular formula is C9H15N3. The second-order valence-corrected chi connectivity index (χ2v) is 3.98. The number of aromatic nitrogens is 2. The lowest BCUT2D eigenvalue weighted by molar-refractivity contribution is 0.565. The SMILES string of the molecule is Cc1nc(N)cc(C(C)(C)C)n1. The summed E-state index contributed by atoms with van der Waals surface area (Å²) in [6, 6.07) is 1.83. The summed E-state index contributed by atoms with van der Waals surface area (Å²) in [4.78, 5) is 8.33. The van der Waals surface area contributed by atoms with Crippen molar-refractivity contribution in [1.82, 2.24) is 9.97 Å². The van der Waals surface area contributed by atoms with Gasteiger partial charge in [-0.1, -0.05) is 20.8 Å². The van der Waals surface area contributed by atoms with Gasteiger partial charge in [-0.05, 0) is 6.92 Å². The van der Waals surface area contributed by atoms with Gasteiger partial charge in [-0.25, -0.2) is 9.97 Å². The Labute approximate surface area is 73.0 Å². The molecule has 0 radical (unpaired) electrons. The number of hydrogen-bond acceptors (Lipinski definition) is 3. The molecule has 0 amide bonds. The average molecular weight is 165 g/mol. The smallest absolute Gasteiger partial charge is 0.127 e. The van der Waals surface area contributed by atoms with Gasteiger partial charge in [0, 0.05) is 11.5 Å². The summed E-state index contributed by atoms with van der Waals surface area (Å²) in [5.74, 6) is 1.28. The maximum atomic E-state index is 5.60. The van der Waals surface area contributed by atoms with E-state index in [9.17, 15) is 0 Å². The Morgan fingerprint density at radius 1 is 1.25 bits per heavy atom. The van der Waals surface area contributed by atoms with Crippen molar-refractivity contribution in [2.24, 2.45) is 0 Å². The van der Waals surface area contributed by atoms with E-state index < -0.39 is 0 Å². The first-order valence-corrected chi connectivity index (χ1v) is 4.01. The maximum Gasteiger partial charge on any atom is 0.127 e. The van der Waals surface area contributed by atoms with Crippen molar-refractivity contribution in [2.75, 3.05) is 5.73 Å². The highest BCUT2D eigenvalue weighted by Gasteiger charge is 2.16. The van der Waals surface area contributed by atoms with Crippen LogP contribution in [0.4, 0.5) is 5.82 Å². The van der Waals surface area contributed by atoms with Crippen LogP contribution in [0.5, 0.6) is 0 Å². The highest BCUT2D eigenvalue weighted by atomic mass is 14.9. The molecule has 0 aromatic carbocycles. The molecule has 0 saturated heterocycles. The lowest BCUT2D eigenvalue weighted by Crippen LogP contribution is -2.15. The van der Waals surface area contributed by atoms with Gasteiger partial charge in [0.15, 0.2) is 0 Å². The predicted molar refractivity (Wildman–Crippen MR) is 49.9 cm³/mol. The number of anilines is 1. The molecule has 12 heavy (non-hydrogen) atoms. The number of rotatable bonds is 0. The average Bonchev–Trinajstić information content (AvgIpc) is 1.82. The number of aryl methyl sites for hydroxylation is 1. The second kappa shape index (κ2) is 2.73. The molecule has 1 aromatic rings. The Hall–Kier alpha value is -1.12. The molecule has 2 N–H and O–H groups in total. The Morgan fingerprint density at radius 3 is 2.25 bits per heavy atom. The van der Waals surface area contributed by atoms with Gasteiger partial charge >= 0.3 is 0 Å². The minimum absolute atomic E-state index is 0.0435. The number of hydrogen-bond donors (Lipinski definition) is 1. The standard InChI is InChI=1S/C9H15N3/c1-6-11-7(9(2,3)4)5-8(10)12-6/h5H,1-4H3,(H2,10,11,12). The fourth-order valence-corrected chi connectivity index (χ4v) is 0.975. The molecule has 0 aliphatic rings. The zero-order valence-corrected chi connectivity index (χ0v) is 8.05. The molecule has 0 fully saturated rings. The van der Waals surface area contributed by atoms with E-state index in [4.69, 9.17) is 5.73 Å². The molecule has 0 unspecified atom stereocenters. The summed E-state index contributed by atoms with van der Waals surface area (Å²) in [7, 11) is 0. The zero-order valence-electron chi connectivity index (χ0n) is 8.05. The van der Waals surface area contributed by atoms with Crippen molar-refractivity contribution >= 4 is 5.82 Å². The van der Waals surface area contributed by atoms with Crippen LogP contribution in [0.15, 0.2) is 6.07 Å². The number of nitrogens with zero attached hydrogens (tertiary/aromatic N) is 2. The highest BCUT2D eigenvalue weighted by Crippen LogP contribution is 2.20. The second-order valence-electron chi connectivity index (χ2n) is 3.98. The van der Waals surface area contributed by atoms with Crippen LogP contribution < -0.4 is 5.73 Å². The van der Waals surface area contributed by atoms with E-state index in [1.54, 1.807) is 0 Å². The van der Waals surface area contributed by atoms with Gasteiger partial charge in [0.25, 0.3) is 0 Å². The van der Waals surface area contributed by atoms with Gasteiger partial charge in [-0.3, -0.25) is 0 Å².